The summed E-state index contributed by atoms with van der Waals surface area (Å²) in [5.41, 5.74) is 1.45. The van der Waals surface area contributed by atoms with Crippen molar-refractivity contribution in [3.8, 4) is 6.07 Å². The second kappa shape index (κ2) is 2.38. The zero-order valence-corrected chi connectivity index (χ0v) is 6.63. The first-order valence-electron chi connectivity index (χ1n) is 3.73. The van der Waals surface area contributed by atoms with E-state index in [1.54, 1.807) is 12.3 Å². The molecule has 0 aliphatic carbocycles. The SMILES string of the molecule is CC1Nc2nccc(C#N)c2N1. The monoisotopic (exact) mass is 160 g/mol. The summed E-state index contributed by atoms with van der Waals surface area (Å²) in [5, 5.41) is 15.0. The maximum atomic E-state index is 8.74. The van der Waals surface area contributed by atoms with E-state index in [0.717, 1.165) is 11.5 Å². The van der Waals surface area contributed by atoms with Crippen LogP contribution in [0.15, 0.2) is 12.3 Å². The molecule has 1 unspecified atom stereocenters. The third-order valence-electron chi connectivity index (χ3n) is 1.79. The van der Waals surface area contributed by atoms with Gasteiger partial charge >= 0.3 is 0 Å². The molecule has 0 amide bonds. The number of pyridine rings is 1. The summed E-state index contributed by atoms with van der Waals surface area (Å²) in [6.07, 6.45) is 1.78. The van der Waals surface area contributed by atoms with Crippen LogP contribution < -0.4 is 10.6 Å². The van der Waals surface area contributed by atoms with Gasteiger partial charge in [-0.05, 0) is 13.0 Å². The molecule has 1 aliphatic heterocycles. The van der Waals surface area contributed by atoms with E-state index in [1.807, 2.05) is 6.92 Å². The number of nitrogens with one attached hydrogen (secondary N) is 2. The molecule has 2 rings (SSSR count). The number of hydrogen-bond acceptors (Lipinski definition) is 4. The summed E-state index contributed by atoms with van der Waals surface area (Å²) < 4.78 is 0. The predicted octanol–water partition coefficient (Wildman–Crippen LogP) is 1.14. The summed E-state index contributed by atoms with van der Waals surface area (Å²) in [7, 11) is 0. The van der Waals surface area contributed by atoms with Gasteiger partial charge in [-0.1, -0.05) is 0 Å². The van der Waals surface area contributed by atoms with Crippen LogP contribution in [-0.4, -0.2) is 11.1 Å². The fourth-order valence-corrected chi connectivity index (χ4v) is 1.27. The molecule has 60 valence electrons. The van der Waals surface area contributed by atoms with Crippen molar-refractivity contribution in [3.63, 3.8) is 0 Å². The Morgan fingerprint density at radius 3 is 3.17 bits per heavy atom. The van der Waals surface area contributed by atoms with Gasteiger partial charge in [0, 0.05) is 6.20 Å². The van der Waals surface area contributed by atoms with Crippen LogP contribution in [0.2, 0.25) is 0 Å². The van der Waals surface area contributed by atoms with Crippen LogP contribution in [0.1, 0.15) is 12.5 Å². The largest absolute Gasteiger partial charge is 0.361 e. The minimum Gasteiger partial charge on any atom is -0.361 e. The Kier molecular flexibility index (Phi) is 1.37. The van der Waals surface area contributed by atoms with Gasteiger partial charge in [0.2, 0.25) is 0 Å². The lowest BCUT2D eigenvalue weighted by molar-refractivity contribution is 0.950. The average molecular weight is 160 g/mol. The first-order chi connectivity index (χ1) is 5.81. The zero-order valence-electron chi connectivity index (χ0n) is 6.63. The topological polar surface area (TPSA) is 60.7 Å². The Balaban J connectivity index is 2.53. The Morgan fingerprint density at radius 2 is 2.42 bits per heavy atom. The highest BCUT2D eigenvalue weighted by Gasteiger charge is 2.19. The molecule has 4 heteroatoms. The molecule has 1 aliphatic rings. The van der Waals surface area contributed by atoms with E-state index in [0.29, 0.717) is 5.56 Å². The molecule has 2 heterocycles. The van der Waals surface area contributed by atoms with Gasteiger partial charge in [-0.2, -0.15) is 5.26 Å². The molecule has 1 aromatic rings. The van der Waals surface area contributed by atoms with Gasteiger partial charge in [0.05, 0.1) is 17.4 Å². The highest BCUT2D eigenvalue weighted by atomic mass is 15.2. The molecule has 0 saturated carbocycles. The van der Waals surface area contributed by atoms with E-state index >= 15 is 0 Å². The highest BCUT2D eigenvalue weighted by Crippen LogP contribution is 2.28. The summed E-state index contributed by atoms with van der Waals surface area (Å²) in [5.74, 6) is 0.765. The van der Waals surface area contributed by atoms with Gasteiger partial charge in [0.25, 0.3) is 0 Å². The third kappa shape index (κ3) is 0.873. The quantitative estimate of drug-likeness (QED) is 0.597. The average Bonchev–Trinajstić information content (AvgIpc) is 2.44. The van der Waals surface area contributed by atoms with Gasteiger partial charge in [-0.15, -0.1) is 0 Å². The van der Waals surface area contributed by atoms with Crippen molar-refractivity contribution in [2.45, 2.75) is 13.1 Å². The van der Waals surface area contributed by atoms with Crippen LogP contribution in [0.4, 0.5) is 11.5 Å². The van der Waals surface area contributed by atoms with Crippen LogP contribution >= 0.6 is 0 Å². The molecule has 12 heavy (non-hydrogen) atoms. The van der Waals surface area contributed by atoms with E-state index in [1.165, 1.54) is 0 Å². The molecule has 0 fully saturated rings. The van der Waals surface area contributed by atoms with Crippen LogP contribution in [0.25, 0.3) is 0 Å². The predicted molar refractivity (Wildman–Crippen MR) is 45.7 cm³/mol. The molecular weight excluding hydrogens is 152 g/mol. The maximum absolute atomic E-state index is 8.74. The Hall–Kier alpha value is -1.76. The Labute approximate surface area is 70.2 Å². The lowest BCUT2D eigenvalue weighted by Crippen LogP contribution is -2.16. The number of nitrogens with zero attached hydrogens (tertiary/aromatic N) is 2. The van der Waals surface area contributed by atoms with E-state index < -0.39 is 0 Å². The van der Waals surface area contributed by atoms with E-state index in [-0.39, 0.29) is 6.17 Å². The summed E-state index contributed by atoms with van der Waals surface area (Å²) >= 11 is 0. The number of aromatic nitrogens is 1. The molecule has 0 spiro atoms. The summed E-state index contributed by atoms with van der Waals surface area (Å²) in [6, 6.07) is 3.81. The molecule has 2 N–H and O–H groups in total. The molecule has 1 atom stereocenters. The number of rotatable bonds is 0. The molecule has 1 aromatic heterocycles. The van der Waals surface area contributed by atoms with Gasteiger partial charge < -0.3 is 10.6 Å². The van der Waals surface area contributed by atoms with Gasteiger partial charge in [0.1, 0.15) is 6.07 Å². The van der Waals surface area contributed by atoms with Crippen molar-refractivity contribution in [3.05, 3.63) is 17.8 Å². The molecule has 4 nitrogen and oxygen atoms in total. The molecule has 0 aromatic carbocycles. The van der Waals surface area contributed by atoms with Crippen molar-refractivity contribution in [1.82, 2.24) is 4.98 Å². The second-order valence-electron chi connectivity index (χ2n) is 2.70. The second-order valence-corrected chi connectivity index (χ2v) is 2.70. The van der Waals surface area contributed by atoms with Crippen LogP contribution in [0.5, 0.6) is 0 Å². The van der Waals surface area contributed by atoms with Crippen LogP contribution in [0, 0.1) is 11.3 Å². The summed E-state index contributed by atoms with van der Waals surface area (Å²) in [4.78, 5) is 4.09. The lowest BCUT2D eigenvalue weighted by atomic mass is 10.2. The van der Waals surface area contributed by atoms with Crippen molar-refractivity contribution in [1.29, 1.82) is 5.26 Å². The molecular formula is C8H8N4. The molecule has 0 bridgehead atoms. The van der Waals surface area contributed by atoms with Crippen molar-refractivity contribution < 1.29 is 0 Å². The van der Waals surface area contributed by atoms with Gasteiger partial charge in [-0.25, -0.2) is 4.98 Å². The number of fused-ring (bicyclic) bond motifs is 1. The highest BCUT2D eigenvalue weighted by molar-refractivity contribution is 5.76. The van der Waals surface area contributed by atoms with Crippen molar-refractivity contribution in [2.75, 3.05) is 10.6 Å². The zero-order chi connectivity index (χ0) is 8.55. The van der Waals surface area contributed by atoms with Crippen molar-refractivity contribution >= 4 is 11.5 Å². The molecule has 0 radical (unpaired) electrons. The lowest BCUT2D eigenvalue weighted by Gasteiger charge is -2.01. The summed E-state index contributed by atoms with van der Waals surface area (Å²) in [6.45, 7) is 1.98. The fourth-order valence-electron chi connectivity index (χ4n) is 1.27. The fraction of sp³-hybridized carbons (Fsp3) is 0.250. The van der Waals surface area contributed by atoms with Crippen LogP contribution in [-0.2, 0) is 0 Å². The first-order valence-corrected chi connectivity index (χ1v) is 3.73. The minimum atomic E-state index is 0.155. The van der Waals surface area contributed by atoms with Crippen molar-refractivity contribution in [2.24, 2.45) is 0 Å². The van der Waals surface area contributed by atoms with E-state index in [4.69, 9.17) is 5.26 Å². The smallest absolute Gasteiger partial charge is 0.152 e. The Bertz CT molecular complexity index is 353. The first kappa shape index (κ1) is 6.92. The minimum absolute atomic E-state index is 0.155. The van der Waals surface area contributed by atoms with Crippen LogP contribution in [0.3, 0.4) is 0 Å². The number of hydrogen-bond donors (Lipinski definition) is 2. The third-order valence-corrected chi connectivity index (χ3v) is 1.79. The van der Waals surface area contributed by atoms with Gasteiger partial charge in [0.15, 0.2) is 5.82 Å². The molecule has 0 saturated heterocycles. The normalized spacial score (nSPS) is 18.8. The standard InChI is InChI=1S/C8H8N4/c1-5-11-7-6(4-9)2-3-10-8(7)12-5/h2-3,5,11H,1H3,(H,10,12). The van der Waals surface area contributed by atoms with E-state index in [9.17, 15) is 0 Å². The maximum Gasteiger partial charge on any atom is 0.152 e. The number of anilines is 2. The van der Waals surface area contributed by atoms with E-state index in [2.05, 4.69) is 21.7 Å². The Morgan fingerprint density at radius 1 is 1.58 bits per heavy atom. The van der Waals surface area contributed by atoms with Gasteiger partial charge in [-0.3, -0.25) is 0 Å². The number of nitriles is 1.